The lowest BCUT2D eigenvalue weighted by Crippen LogP contribution is -2.28. The van der Waals surface area contributed by atoms with Gasteiger partial charge in [0.1, 0.15) is 18.5 Å². The fourth-order valence-electron chi connectivity index (χ4n) is 4.20. The van der Waals surface area contributed by atoms with Crippen LogP contribution >= 0.6 is 11.3 Å². The van der Waals surface area contributed by atoms with E-state index in [2.05, 4.69) is 31.2 Å². The largest absolute Gasteiger partial charge is 0.487 e. The Labute approximate surface area is 210 Å². The Kier molecular flexibility index (Phi) is 7.26. The predicted molar refractivity (Wildman–Crippen MR) is 139 cm³/mol. The van der Waals surface area contributed by atoms with Crippen molar-refractivity contribution in [2.45, 2.75) is 38.6 Å². The Balaban J connectivity index is 1.33. The number of rotatable bonds is 7. The molecule has 2 atom stereocenters. The summed E-state index contributed by atoms with van der Waals surface area (Å²) in [6.45, 7) is 3.02. The monoisotopic (exact) mass is 484 g/mol. The van der Waals surface area contributed by atoms with E-state index in [4.69, 9.17) is 14.2 Å². The quantitative estimate of drug-likeness (QED) is 0.257. The highest BCUT2D eigenvalue weighted by Crippen LogP contribution is 2.38. The van der Waals surface area contributed by atoms with Crippen LogP contribution in [0.5, 0.6) is 5.75 Å². The van der Waals surface area contributed by atoms with Crippen molar-refractivity contribution in [1.29, 1.82) is 0 Å². The second kappa shape index (κ2) is 10.9. The second-order valence-corrected chi connectivity index (χ2v) is 9.82. The van der Waals surface area contributed by atoms with Gasteiger partial charge < -0.3 is 14.2 Å². The molecule has 0 saturated carbocycles. The van der Waals surface area contributed by atoms with Crippen molar-refractivity contribution in [1.82, 2.24) is 0 Å². The van der Waals surface area contributed by atoms with Gasteiger partial charge in [0.05, 0.1) is 12.7 Å². The second-order valence-electron chi connectivity index (χ2n) is 8.77. The maximum absolute atomic E-state index is 13.3. The molecule has 3 aromatic carbocycles. The van der Waals surface area contributed by atoms with Crippen LogP contribution in [0.1, 0.15) is 45.3 Å². The van der Waals surface area contributed by atoms with Crippen molar-refractivity contribution < 1.29 is 19.0 Å². The highest BCUT2D eigenvalue weighted by molar-refractivity contribution is 7.17. The number of hydrogen-bond donors (Lipinski definition) is 0. The fraction of sp³-hybridized carbons (Fsp3) is 0.233. The number of hydrogen-bond acceptors (Lipinski definition) is 5. The maximum atomic E-state index is 13.3. The molecule has 0 amide bonds. The van der Waals surface area contributed by atoms with E-state index >= 15 is 0 Å². The smallest absolute Gasteiger partial charge is 0.352 e. The third-order valence-corrected chi connectivity index (χ3v) is 7.28. The standard InChI is InChI=1S/C30H28O4S/c1-21-12-14-23(15-13-21)26-18-25(16-17-32-26)34-30(31)29-27(33-20-22-8-4-2-5-9-22)19-28(35-29)24-10-6-3-7-11-24/h2-15,19,25-26H,16-18,20H2,1H3. The van der Waals surface area contributed by atoms with Crippen LogP contribution in [-0.2, 0) is 16.1 Å². The van der Waals surface area contributed by atoms with Gasteiger partial charge in [-0.1, -0.05) is 90.5 Å². The number of carbonyl (C=O) groups is 1. The summed E-state index contributed by atoms with van der Waals surface area (Å²) in [6, 6.07) is 30.3. The van der Waals surface area contributed by atoms with Gasteiger partial charge in [0.15, 0.2) is 4.88 Å². The molecule has 0 aliphatic carbocycles. The van der Waals surface area contributed by atoms with E-state index in [0.29, 0.717) is 36.7 Å². The highest BCUT2D eigenvalue weighted by Gasteiger charge is 2.29. The van der Waals surface area contributed by atoms with Crippen LogP contribution in [0.2, 0.25) is 0 Å². The van der Waals surface area contributed by atoms with Crippen LogP contribution in [0.15, 0.2) is 91.0 Å². The molecule has 2 heterocycles. The summed E-state index contributed by atoms with van der Waals surface area (Å²) in [5.41, 5.74) is 4.42. The SMILES string of the molecule is Cc1ccc(C2CC(OC(=O)c3sc(-c4ccccc4)cc3OCc3ccccc3)CCO2)cc1. The summed E-state index contributed by atoms with van der Waals surface area (Å²) in [7, 11) is 0. The molecule has 2 unspecified atom stereocenters. The van der Waals surface area contributed by atoms with Gasteiger partial charge in [-0.2, -0.15) is 0 Å². The van der Waals surface area contributed by atoms with Crippen molar-refractivity contribution >= 4 is 17.3 Å². The Morgan fingerprint density at radius 3 is 2.43 bits per heavy atom. The summed E-state index contributed by atoms with van der Waals surface area (Å²) in [5, 5.41) is 0. The molecule has 5 rings (SSSR count). The lowest BCUT2D eigenvalue weighted by molar-refractivity contribution is -0.0563. The molecule has 1 aromatic heterocycles. The first kappa shape index (κ1) is 23.3. The van der Waals surface area contributed by atoms with E-state index in [1.165, 1.54) is 16.9 Å². The average Bonchev–Trinajstić information content (AvgIpc) is 3.34. The number of carbonyl (C=O) groups excluding carboxylic acids is 1. The Bertz CT molecular complexity index is 1250. The molecule has 4 aromatic rings. The minimum absolute atomic E-state index is 0.0702. The van der Waals surface area contributed by atoms with Gasteiger partial charge in [0, 0.05) is 17.7 Å². The molecule has 4 nitrogen and oxygen atoms in total. The number of aryl methyl sites for hydroxylation is 1. The Morgan fingerprint density at radius 1 is 0.971 bits per heavy atom. The molecule has 0 bridgehead atoms. The molecule has 0 radical (unpaired) electrons. The van der Waals surface area contributed by atoms with E-state index in [1.54, 1.807) is 0 Å². The molecule has 0 spiro atoms. The minimum Gasteiger partial charge on any atom is -0.487 e. The van der Waals surface area contributed by atoms with Gasteiger partial charge in [-0.25, -0.2) is 4.79 Å². The van der Waals surface area contributed by atoms with Crippen LogP contribution < -0.4 is 4.74 Å². The number of esters is 1. The molecular formula is C30H28O4S. The third-order valence-electron chi connectivity index (χ3n) is 6.14. The van der Waals surface area contributed by atoms with Gasteiger partial charge in [-0.3, -0.25) is 0 Å². The van der Waals surface area contributed by atoms with Crippen LogP contribution in [0.4, 0.5) is 0 Å². The van der Waals surface area contributed by atoms with Crippen molar-refractivity contribution in [2.24, 2.45) is 0 Å². The lowest BCUT2D eigenvalue weighted by atomic mass is 9.98. The normalized spacial score (nSPS) is 17.6. The summed E-state index contributed by atoms with van der Waals surface area (Å²) < 4.78 is 18.1. The van der Waals surface area contributed by atoms with Crippen molar-refractivity contribution in [3.63, 3.8) is 0 Å². The van der Waals surface area contributed by atoms with Crippen LogP contribution in [0.3, 0.4) is 0 Å². The predicted octanol–water partition coefficient (Wildman–Crippen LogP) is 7.38. The minimum atomic E-state index is -0.338. The molecule has 178 valence electrons. The van der Waals surface area contributed by atoms with E-state index in [-0.39, 0.29) is 18.2 Å². The number of benzene rings is 3. The van der Waals surface area contributed by atoms with E-state index < -0.39 is 0 Å². The lowest BCUT2D eigenvalue weighted by Gasteiger charge is -2.29. The third kappa shape index (κ3) is 5.81. The zero-order chi connectivity index (χ0) is 24.0. The summed E-state index contributed by atoms with van der Waals surface area (Å²) in [6.07, 6.45) is 1.06. The van der Waals surface area contributed by atoms with Crippen LogP contribution in [0.25, 0.3) is 10.4 Å². The summed E-state index contributed by atoms with van der Waals surface area (Å²) in [4.78, 5) is 14.8. The van der Waals surface area contributed by atoms with Crippen molar-refractivity contribution in [3.05, 3.63) is 113 Å². The average molecular weight is 485 g/mol. The molecule has 1 saturated heterocycles. The van der Waals surface area contributed by atoms with Gasteiger partial charge >= 0.3 is 5.97 Å². The van der Waals surface area contributed by atoms with Gasteiger partial charge in [0.25, 0.3) is 0 Å². The zero-order valence-electron chi connectivity index (χ0n) is 19.7. The first-order valence-corrected chi connectivity index (χ1v) is 12.7. The molecule has 0 N–H and O–H groups in total. The first-order chi connectivity index (χ1) is 17.2. The zero-order valence-corrected chi connectivity index (χ0v) is 20.5. The van der Waals surface area contributed by atoms with E-state index in [9.17, 15) is 4.79 Å². The van der Waals surface area contributed by atoms with E-state index in [1.807, 2.05) is 66.7 Å². The van der Waals surface area contributed by atoms with Gasteiger partial charge in [0.2, 0.25) is 0 Å². The van der Waals surface area contributed by atoms with E-state index in [0.717, 1.165) is 21.6 Å². The summed E-state index contributed by atoms with van der Waals surface area (Å²) in [5.74, 6) is 0.222. The Hall–Kier alpha value is -3.41. The molecule has 1 aliphatic heterocycles. The Morgan fingerprint density at radius 2 is 1.69 bits per heavy atom. The van der Waals surface area contributed by atoms with Crippen molar-refractivity contribution in [3.8, 4) is 16.2 Å². The highest BCUT2D eigenvalue weighted by atomic mass is 32.1. The van der Waals surface area contributed by atoms with Crippen LogP contribution in [-0.4, -0.2) is 18.7 Å². The number of thiophene rings is 1. The molecule has 1 aliphatic rings. The van der Waals surface area contributed by atoms with Crippen LogP contribution in [0, 0.1) is 6.92 Å². The fourth-order valence-corrected chi connectivity index (χ4v) is 5.19. The van der Waals surface area contributed by atoms with Gasteiger partial charge in [-0.05, 0) is 29.7 Å². The molecule has 5 heteroatoms. The number of ether oxygens (including phenoxy) is 3. The van der Waals surface area contributed by atoms with Crippen molar-refractivity contribution in [2.75, 3.05) is 6.61 Å². The first-order valence-electron chi connectivity index (χ1n) is 11.9. The maximum Gasteiger partial charge on any atom is 0.352 e. The topological polar surface area (TPSA) is 44.8 Å². The summed E-state index contributed by atoms with van der Waals surface area (Å²) >= 11 is 1.41. The molecule has 35 heavy (non-hydrogen) atoms. The van der Waals surface area contributed by atoms with Gasteiger partial charge in [-0.15, -0.1) is 11.3 Å². The molecular weight excluding hydrogens is 456 g/mol. The molecule has 1 fully saturated rings.